The highest BCUT2D eigenvalue weighted by molar-refractivity contribution is 5.90. The number of likely N-dealkylation sites (tertiary alicyclic amines) is 1. The standard InChI is InChI=1S/C9H15N3O2/c1-2-3-6(10)9(14)12-5-4-7(12)8(11)13/h2,6-7H,1,3-5,10H2,(H2,11,13). The third kappa shape index (κ3) is 1.93. The van der Waals surface area contributed by atoms with E-state index in [4.69, 9.17) is 11.5 Å². The first kappa shape index (κ1) is 10.7. The molecule has 1 heterocycles. The van der Waals surface area contributed by atoms with E-state index in [-0.39, 0.29) is 5.91 Å². The van der Waals surface area contributed by atoms with Gasteiger partial charge in [-0.05, 0) is 12.8 Å². The third-order valence-electron chi connectivity index (χ3n) is 2.37. The van der Waals surface area contributed by atoms with Crippen LogP contribution in [0.2, 0.25) is 0 Å². The Hall–Kier alpha value is -1.36. The number of carbonyl (C=O) groups is 2. The number of hydrogen-bond acceptors (Lipinski definition) is 3. The summed E-state index contributed by atoms with van der Waals surface area (Å²) in [7, 11) is 0. The molecule has 0 aromatic carbocycles. The average molecular weight is 197 g/mol. The van der Waals surface area contributed by atoms with Gasteiger partial charge in [0.1, 0.15) is 6.04 Å². The summed E-state index contributed by atoms with van der Waals surface area (Å²) in [6.45, 7) is 4.06. The van der Waals surface area contributed by atoms with Crippen molar-refractivity contribution in [3.8, 4) is 0 Å². The van der Waals surface area contributed by atoms with Gasteiger partial charge in [0.15, 0.2) is 0 Å². The average Bonchev–Trinajstić information content (AvgIpc) is 2.01. The Morgan fingerprint density at radius 3 is 2.64 bits per heavy atom. The van der Waals surface area contributed by atoms with Crippen molar-refractivity contribution in [2.24, 2.45) is 11.5 Å². The number of hydrogen-bond donors (Lipinski definition) is 2. The van der Waals surface area contributed by atoms with Gasteiger partial charge in [-0.3, -0.25) is 9.59 Å². The Balaban J connectivity index is 2.53. The van der Waals surface area contributed by atoms with E-state index in [9.17, 15) is 9.59 Å². The van der Waals surface area contributed by atoms with Gasteiger partial charge >= 0.3 is 0 Å². The van der Waals surface area contributed by atoms with Gasteiger partial charge in [-0.2, -0.15) is 0 Å². The van der Waals surface area contributed by atoms with Gasteiger partial charge in [0.05, 0.1) is 6.04 Å². The minimum absolute atomic E-state index is 0.222. The minimum Gasteiger partial charge on any atom is -0.368 e. The molecule has 1 fully saturated rings. The van der Waals surface area contributed by atoms with E-state index < -0.39 is 18.0 Å². The molecule has 0 aromatic heterocycles. The van der Waals surface area contributed by atoms with Crippen LogP contribution in [0.15, 0.2) is 12.7 Å². The largest absolute Gasteiger partial charge is 0.368 e. The number of amides is 2. The summed E-state index contributed by atoms with van der Waals surface area (Å²) in [5.41, 5.74) is 10.7. The van der Waals surface area contributed by atoms with Crippen LogP contribution in [0.1, 0.15) is 12.8 Å². The van der Waals surface area contributed by atoms with E-state index in [1.165, 1.54) is 4.90 Å². The van der Waals surface area contributed by atoms with Crippen molar-refractivity contribution < 1.29 is 9.59 Å². The van der Waals surface area contributed by atoms with Gasteiger partial charge in [0.2, 0.25) is 11.8 Å². The zero-order chi connectivity index (χ0) is 10.7. The second-order valence-electron chi connectivity index (χ2n) is 3.37. The van der Waals surface area contributed by atoms with Crippen LogP contribution in [0.4, 0.5) is 0 Å². The molecular weight excluding hydrogens is 182 g/mol. The maximum Gasteiger partial charge on any atom is 0.240 e. The SMILES string of the molecule is C=CCC(N)C(=O)N1CCC1C(N)=O. The Morgan fingerprint density at radius 2 is 2.29 bits per heavy atom. The topological polar surface area (TPSA) is 89.4 Å². The van der Waals surface area contributed by atoms with Crippen molar-refractivity contribution in [1.82, 2.24) is 4.90 Å². The molecule has 2 amide bonds. The summed E-state index contributed by atoms with van der Waals surface area (Å²) in [6, 6.07) is -1.06. The van der Waals surface area contributed by atoms with Gasteiger partial charge in [0.25, 0.3) is 0 Å². The van der Waals surface area contributed by atoms with Crippen LogP contribution in [0.3, 0.4) is 0 Å². The first-order valence-corrected chi connectivity index (χ1v) is 4.54. The second-order valence-corrected chi connectivity index (χ2v) is 3.37. The van der Waals surface area contributed by atoms with E-state index >= 15 is 0 Å². The molecular formula is C9H15N3O2. The van der Waals surface area contributed by atoms with Gasteiger partial charge in [0, 0.05) is 6.54 Å². The van der Waals surface area contributed by atoms with Crippen molar-refractivity contribution in [1.29, 1.82) is 0 Å². The van der Waals surface area contributed by atoms with Crippen molar-refractivity contribution >= 4 is 11.8 Å². The van der Waals surface area contributed by atoms with E-state index in [0.29, 0.717) is 19.4 Å². The first-order chi connectivity index (χ1) is 6.57. The lowest BCUT2D eigenvalue weighted by molar-refractivity contribution is -0.147. The van der Waals surface area contributed by atoms with Crippen molar-refractivity contribution in [2.45, 2.75) is 24.9 Å². The van der Waals surface area contributed by atoms with Crippen LogP contribution < -0.4 is 11.5 Å². The van der Waals surface area contributed by atoms with Crippen LogP contribution in [-0.2, 0) is 9.59 Å². The number of rotatable bonds is 4. The fourth-order valence-electron chi connectivity index (χ4n) is 1.44. The summed E-state index contributed by atoms with van der Waals surface area (Å²) in [5.74, 6) is -0.685. The summed E-state index contributed by atoms with van der Waals surface area (Å²) < 4.78 is 0. The van der Waals surface area contributed by atoms with E-state index in [1.54, 1.807) is 6.08 Å². The Kier molecular flexibility index (Phi) is 3.24. The summed E-state index contributed by atoms with van der Waals surface area (Å²) >= 11 is 0. The first-order valence-electron chi connectivity index (χ1n) is 4.54. The molecule has 2 atom stereocenters. The van der Waals surface area contributed by atoms with Crippen LogP contribution in [0.25, 0.3) is 0 Å². The Morgan fingerprint density at radius 1 is 1.64 bits per heavy atom. The second kappa shape index (κ2) is 4.23. The molecule has 2 unspecified atom stereocenters. The zero-order valence-corrected chi connectivity index (χ0v) is 7.98. The Labute approximate surface area is 82.7 Å². The fraction of sp³-hybridized carbons (Fsp3) is 0.556. The predicted octanol–water partition coefficient (Wildman–Crippen LogP) is -1.02. The molecule has 1 rings (SSSR count). The molecule has 78 valence electrons. The molecule has 5 heteroatoms. The summed E-state index contributed by atoms with van der Waals surface area (Å²) in [6.07, 6.45) is 2.64. The number of carbonyl (C=O) groups excluding carboxylic acids is 2. The molecule has 0 aromatic rings. The van der Waals surface area contributed by atoms with Crippen molar-refractivity contribution in [3.05, 3.63) is 12.7 Å². The summed E-state index contributed by atoms with van der Waals surface area (Å²) in [4.78, 5) is 23.8. The molecule has 0 saturated carbocycles. The fourth-order valence-corrected chi connectivity index (χ4v) is 1.44. The number of nitrogens with two attached hydrogens (primary N) is 2. The molecule has 5 nitrogen and oxygen atoms in total. The molecule has 0 spiro atoms. The molecule has 1 aliphatic heterocycles. The number of primary amides is 1. The highest BCUT2D eigenvalue weighted by Crippen LogP contribution is 2.18. The minimum atomic E-state index is -0.602. The van der Waals surface area contributed by atoms with Crippen LogP contribution in [-0.4, -0.2) is 35.3 Å². The van der Waals surface area contributed by atoms with Gasteiger partial charge in [-0.1, -0.05) is 6.08 Å². The van der Waals surface area contributed by atoms with Crippen LogP contribution >= 0.6 is 0 Å². The molecule has 14 heavy (non-hydrogen) atoms. The van der Waals surface area contributed by atoms with E-state index in [0.717, 1.165) is 0 Å². The summed E-state index contributed by atoms with van der Waals surface area (Å²) in [5, 5.41) is 0. The molecule has 0 bridgehead atoms. The van der Waals surface area contributed by atoms with E-state index in [1.807, 2.05) is 0 Å². The quantitative estimate of drug-likeness (QED) is 0.565. The van der Waals surface area contributed by atoms with Crippen molar-refractivity contribution in [3.63, 3.8) is 0 Å². The van der Waals surface area contributed by atoms with Crippen LogP contribution in [0, 0.1) is 0 Å². The zero-order valence-electron chi connectivity index (χ0n) is 7.98. The normalized spacial score (nSPS) is 22.4. The maximum absolute atomic E-state index is 11.6. The molecule has 0 aliphatic carbocycles. The lowest BCUT2D eigenvalue weighted by atomic mass is 10.0. The maximum atomic E-state index is 11.6. The van der Waals surface area contributed by atoms with Crippen LogP contribution in [0.5, 0.6) is 0 Å². The lowest BCUT2D eigenvalue weighted by Gasteiger charge is -2.40. The van der Waals surface area contributed by atoms with Gasteiger partial charge in [-0.15, -0.1) is 6.58 Å². The third-order valence-corrected chi connectivity index (χ3v) is 2.37. The number of nitrogens with zero attached hydrogens (tertiary/aromatic N) is 1. The van der Waals surface area contributed by atoms with Gasteiger partial charge in [-0.25, -0.2) is 0 Å². The predicted molar refractivity (Wildman–Crippen MR) is 52.1 cm³/mol. The smallest absolute Gasteiger partial charge is 0.240 e. The molecule has 0 radical (unpaired) electrons. The molecule has 1 saturated heterocycles. The monoisotopic (exact) mass is 197 g/mol. The Bertz CT molecular complexity index is 265. The van der Waals surface area contributed by atoms with Gasteiger partial charge < -0.3 is 16.4 Å². The molecule has 4 N–H and O–H groups in total. The highest BCUT2D eigenvalue weighted by Gasteiger charge is 2.37. The molecule has 1 aliphatic rings. The highest BCUT2D eigenvalue weighted by atomic mass is 16.2. The van der Waals surface area contributed by atoms with Crippen molar-refractivity contribution in [2.75, 3.05) is 6.54 Å². The van der Waals surface area contributed by atoms with E-state index in [2.05, 4.69) is 6.58 Å². The lowest BCUT2D eigenvalue weighted by Crippen LogP contribution is -2.60.